The van der Waals surface area contributed by atoms with E-state index in [0.29, 0.717) is 13.0 Å². The Morgan fingerprint density at radius 2 is 1.85 bits per heavy atom. The molecule has 0 rings (SSSR count). The first-order valence-electron chi connectivity index (χ1n) is 7.05. The molecule has 20 heavy (non-hydrogen) atoms. The summed E-state index contributed by atoms with van der Waals surface area (Å²) in [5, 5.41) is 19.6. The Morgan fingerprint density at radius 3 is 2.20 bits per heavy atom. The Bertz CT molecular complexity index is 346. The second-order valence-electron chi connectivity index (χ2n) is 7.13. The Labute approximate surface area is 124 Å². The third-order valence-corrected chi connectivity index (χ3v) is 8.99. The molecule has 0 aromatic rings. The summed E-state index contributed by atoms with van der Waals surface area (Å²) >= 11 is 0. The van der Waals surface area contributed by atoms with Crippen molar-refractivity contribution in [1.82, 2.24) is 0 Å². The van der Waals surface area contributed by atoms with Crippen LogP contribution < -0.4 is 0 Å². The molecule has 0 spiro atoms. The number of allylic oxidation sites excluding steroid dienone is 1. The molecule has 5 heteroatoms. The van der Waals surface area contributed by atoms with Crippen LogP contribution in [0.4, 0.5) is 0 Å². The van der Waals surface area contributed by atoms with Crippen molar-refractivity contribution in [3.8, 4) is 0 Å². The highest BCUT2D eigenvalue weighted by Gasteiger charge is 2.41. The highest BCUT2D eigenvalue weighted by molar-refractivity contribution is 6.74. The lowest BCUT2D eigenvalue weighted by molar-refractivity contribution is -0.155. The molecule has 0 aromatic carbocycles. The summed E-state index contributed by atoms with van der Waals surface area (Å²) in [5.74, 6) is -1.00. The number of aliphatic hydroxyl groups excluding tert-OH is 1. The van der Waals surface area contributed by atoms with Gasteiger partial charge in [-0.05, 0) is 37.9 Å². The van der Waals surface area contributed by atoms with Gasteiger partial charge >= 0.3 is 5.97 Å². The van der Waals surface area contributed by atoms with Crippen molar-refractivity contribution in [2.24, 2.45) is 5.41 Å². The normalized spacial score (nSPS) is 17.4. The van der Waals surface area contributed by atoms with Crippen LogP contribution >= 0.6 is 0 Å². The maximum absolute atomic E-state index is 11.3. The van der Waals surface area contributed by atoms with Gasteiger partial charge in [0, 0.05) is 6.61 Å². The molecule has 0 amide bonds. The molecule has 0 bridgehead atoms. The fourth-order valence-corrected chi connectivity index (χ4v) is 2.69. The van der Waals surface area contributed by atoms with Crippen molar-refractivity contribution in [1.29, 1.82) is 0 Å². The molecule has 0 saturated heterocycles. The largest absolute Gasteiger partial charge is 0.481 e. The summed E-state index contributed by atoms with van der Waals surface area (Å²) in [6.45, 7) is 16.2. The second-order valence-corrected chi connectivity index (χ2v) is 11.9. The average Bonchev–Trinajstić information content (AvgIpc) is 2.26. The van der Waals surface area contributed by atoms with E-state index in [0.717, 1.165) is 0 Å². The first kappa shape index (κ1) is 19.3. The maximum atomic E-state index is 11.3. The summed E-state index contributed by atoms with van der Waals surface area (Å²) < 4.78 is 5.98. The number of rotatable bonds is 8. The Balaban J connectivity index is 4.60. The van der Waals surface area contributed by atoms with Crippen LogP contribution in [0.25, 0.3) is 0 Å². The molecule has 4 nitrogen and oxygen atoms in total. The number of aliphatic hydroxyl groups is 1. The number of carboxylic acid groups (broad SMARTS) is 1. The molecule has 2 atom stereocenters. The lowest BCUT2D eigenvalue weighted by Crippen LogP contribution is -2.43. The van der Waals surface area contributed by atoms with Crippen LogP contribution in [0.5, 0.6) is 0 Å². The van der Waals surface area contributed by atoms with Crippen molar-refractivity contribution in [2.45, 2.75) is 64.8 Å². The van der Waals surface area contributed by atoms with Crippen LogP contribution in [0, 0.1) is 5.41 Å². The van der Waals surface area contributed by atoms with Gasteiger partial charge in [0.1, 0.15) is 0 Å². The zero-order chi connectivity index (χ0) is 16.2. The molecule has 118 valence electrons. The minimum Gasteiger partial charge on any atom is -0.481 e. The van der Waals surface area contributed by atoms with Crippen LogP contribution in [0.3, 0.4) is 0 Å². The summed E-state index contributed by atoms with van der Waals surface area (Å²) in [7, 11) is -1.86. The Kier molecular flexibility index (Phi) is 6.65. The quantitative estimate of drug-likeness (QED) is 0.532. The fraction of sp³-hybridized carbons (Fsp3) is 0.800. The molecule has 0 heterocycles. The molecule has 0 saturated carbocycles. The first-order chi connectivity index (χ1) is 8.88. The van der Waals surface area contributed by atoms with E-state index in [1.807, 2.05) is 0 Å². The smallest absolute Gasteiger partial charge is 0.312 e. The number of carbonyl (C=O) groups is 1. The van der Waals surface area contributed by atoms with Crippen LogP contribution in [-0.2, 0) is 9.22 Å². The molecule has 2 N–H and O–H groups in total. The van der Waals surface area contributed by atoms with E-state index < -0.39 is 25.8 Å². The molecule has 0 aliphatic carbocycles. The lowest BCUT2D eigenvalue weighted by atomic mass is 9.80. The number of carboxylic acids is 1. The summed E-state index contributed by atoms with van der Waals surface area (Å²) in [5.41, 5.74) is -1.20. The maximum Gasteiger partial charge on any atom is 0.312 e. The summed E-state index contributed by atoms with van der Waals surface area (Å²) in [4.78, 5) is 11.3. The number of aliphatic carboxylic acids is 1. The van der Waals surface area contributed by atoms with Gasteiger partial charge in [0.05, 0.1) is 11.5 Å². The summed E-state index contributed by atoms with van der Waals surface area (Å²) in [6.07, 6.45) is 1.15. The molecule has 0 aromatic heterocycles. The van der Waals surface area contributed by atoms with E-state index in [1.165, 1.54) is 6.08 Å². The SMILES string of the molecule is C=CC[C@@](C)(C(=O)O)[C@@H](O)CCO[Si](C)(C)C(C)(C)C. The van der Waals surface area contributed by atoms with Gasteiger partial charge in [0.2, 0.25) is 0 Å². The standard InChI is InChI=1S/C15H30O4Si/c1-8-10-15(5,13(17)18)12(16)9-11-19-20(6,7)14(2,3)4/h8,12,16H,1,9-11H2,2-7H3,(H,17,18)/t12-,15+/m0/s1. The van der Waals surface area contributed by atoms with E-state index >= 15 is 0 Å². The van der Waals surface area contributed by atoms with Gasteiger partial charge in [-0.3, -0.25) is 4.79 Å². The van der Waals surface area contributed by atoms with Crippen molar-refractivity contribution in [3.05, 3.63) is 12.7 Å². The second kappa shape index (κ2) is 6.87. The molecule has 0 fully saturated rings. The predicted octanol–water partition coefficient (Wildman–Crippen LogP) is 3.43. The Morgan fingerprint density at radius 1 is 1.35 bits per heavy atom. The minimum atomic E-state index is -1.86. The summed E-state index contributed by atoms with van der Waals surface area (Å²) in [6, 6.07) is 0. The zero-order valence-corrected chi connectivity index (χ0v) is 14.7. The molecule has 0 radical (unpaired) electrons. The van der Waals surface area contributed by atoms with E-state index in [1.54, 1.807) is 6.92 Å². The number of hydrogen-bond acceptors (Lipinski definition) is 3. The van der Waals surface area contributed by atoms with Gasteiger partial charge < -0.3 is 14.6 Å². The third-order valence-electron chi connectivity index (χ3n) is 4.45. The molecule has 0 aliphatic heterocycles. The van der Waals surface area contributed by atoms with E-state index in [4.69, 9.17) is 4.43 Å². The third kappa shape index (κ3) is 4.72. The molecule has 0 unspecified atom stereocenters. The number of hydrogen-bond donors (Lipinski definition) is 2. The van der Waals surface area contributed by atoms with Crippen molar-refractivity contribution < 1.29 is 19.4 Å². The van der Waals surface area contributed by atoms with Gasteiger partial charge in [-0.25, -0.2) is 0 Å². The highest BCUT2D eigenvalue weighted by atomic mass is 28.4. The van der Waals surface area contributed by atoms with Crippen LogP contribution in [0.2, 0.25) is 18.1 Å². The fourth-order valence-electron chi connectivity index (χ4n) is 1.63. The van der Waals surface area contributed by atoms with Crippen molar-refractivity contribution in [2.75, 3.05) is 6.61 Å². The van der Waals surface area contributed by atoms with Crippen molar-refractivity contribution in [3.63, 3.8) is 0 Å². The zero-order valence-electron chi connectivity index (χ0n) is 13.7. The van der Waals surface area contributed by atoms with Crippen molar-refractivity contribution >= 4 is 14.3 Å². The van der Waals surface area contributed by atoms with Crippen LogP contribution in [-0.4, -0.2) is 37.2 Å². The molecular formula is C15H30O4Si. The monoisotopic (exact) mass is 302 g/mol. The molecule has 0 aliphatic rings. The van der Waals surface area contributed by atoms with E-state index in [9.17, 15) is 15.0 Å². The van der Waals surface area contributed by atoms with Gasteiger partial charge in [0.25, 0.3) is 0 Å². The highest BCUT2D eigenvalue weighted by Crippen LogP contribution is 2.37. The topological polar surface area (TPSA) is 66.8 Å². The van der Waals surface area contributed by atoms with Gasteiger partial charge in [0.15, 0.2) is 8.32 Å². The average molecular weight is 302 g/mol. The first-order valence-corrected chi connectivity index (χ1v) is 9.95. The van der Waals surface area contributed by atoms with Gasteiger partial charge in [-0.2, -0.15) is 0 Å². The minimum absolute atomic E-state index is 0.106. The predicted molar refractivity (Wildman–Crippen MR) is 84.3 cm³/mol. The Hall–Kier alpha value is -0.653. The van der Waals surface area contributed by atoms with E-state index in [-0.39, 0.29) is 11.5 Å². The lowest BCUT2D eigenvalue weighted by Gasteiger charge is -2.37. The van der Waals surface area contributed by atoms with Gasteiger partial charge in [-0.15, -0.1) is 6.58 Å². The van der Waals surface area contributed by atoms with Gasteiger partial charge in [-0.1, -0.05) is 26.8 Å². The van der Waals surface area contributed by atoms with Crippen LogP contribution in [0.15, 0.2) is 12.7 Å². The van der Waals surface area contributed by atoms with E-state index in [2.05, 4.69) is 40.4 Å². The van der Waals surface area contributed by atoms with Crippen LogP contribution in [0.1, 0.15) is 40.5 Å². The molecular weight excluding hydrogens is 272 g/mol.